The number of anilines is 2. The molecule has 1 aromatic carbocycles. The molecule has 0 atom stereocenters. The van der Waals surface area contributed by atoms with Crippen LogP contribution in [-0.4, -0.2) is 16.6 Å². The fraction of sp³-hybridized carbons (Fsp3) is 0.0769. The zero-order valence-electron chi connectivity index (χ0n) is 9.97. The molecule has 1 aromatic heterocycles. The Morgan fingerprint density at radius 2 is 2.00 bits per heavy atom. The first kappa shape index (κ1) is 13.9. The summed E-state index contributed by atoms with van der Waals surface area (Å²) in [6.45, 7) is 0. The van der Waals surface area contributed by atoms with Crippen molar-refractivity contribution in [3.05, 3.63) is 47.1 Å². The molecule has 0 aliphatic carbocycles. The first-order valence-electron chi connectivity index (χ1n) is 5.53. The quantitative estimate of drug-likeness (QED) is 0.841. The molecule has 6 heteroatoms. The molecule has 1 amide bonds. The van der Waals surface area contributed by atoms with Crippen molar-refractivity contribution < 1.29 is 4.79 Å². The van der Waals surface area contributed by atoms with E-state index in [1.807, 2.05) is 24.3 Å². The molecule has 1 heterocycles. The van der Waals surface area contributed by atoms with Crippen molar-refractivity contribution in [2.45, 2.75) is 5.03 Å². The number of rotatable bonds is 4. The van der Waals surface area contributed by atoms with Crippen molar-refractivity contribution in [3.63, 3.8) is 0 Å². The molecule has 0 saturated heterocycles. The maximum atomic E-state index is 11.7. The van der Waals surface area contributed by atoms with Crippen molar-refractivity contribution in [1.29, 1.82) is 0 Å². The van der Waals surface area contributed by atoms with E-state index in [2.05, 4.69) is 26.2 Å². The number of carbonyl (C=O) groups is 1. The first-order chi connectivity index (χ1) is 9.13. The smallest absolute Gasteiger partial charge is 0.234 e. The summed E-state index contributed by atoms with van der Waals surface area (Å²) < 4.78 is 0.978. The van der Waals surface area contributed by atoms with Gasteiger partial charge in [-0.25, -0.2) is 4.98 Å². The summed E-state index contributed by atoms with van der Waals surface area (Å²) in [5.41, 5.74) is 6.93. The lowest BCUT2D eigenvalue weighted by atomic mass is 10.3. The van der Waals surface area contributed by atoms with Crippen LogP contribution in [0.15, 0.2) is 52.1 Å². The highest BCUT2D eigenvalue weighted by molar-refractivity contribution is 9.10. The summed E-state index contributed by atoms with van der Waals surface area (Å²) in [5, 5.41) is 3.60. The molecule has 0 bridgehead atoms. The molecule has 2 rings (SSSR count). The number of pyridine rings is 1. The third-order valence-corrected chi connectivity index (χ3v) is 3.71. The van der Waals surface area contributed by atoms with Crippen LogP contribution in [0.3, 0.4) is 0 Å². The van der Waals surface area contributed by atoms with E-state index < -0.39 is 0 Å². The summed E-state index contributed by atoms with van der Waals surface area (Å²) >= 11 is 4.72. The summed E-state index contributed by atoms with van der Waals surface area (Å²) in [5.74, 6) is 0.249. The number of nitrogen functional groups attached to an aromatic ring is 1. The molecule has 98 valence electrons. The standard InChI is InChI=1S/C13H12BrN3OS/c14-9-1-4-11(5-2-9)17-12(18)8-19-13-6-3-10(15)7-16-13/h1-7H,8,15H2,(H,17,18). The van der Waals surface area contributed by atoms with Gasteiger partial charge in [0.05, 0.1) is 22.7 Å². The molecule has 0 fully saturated rings. The second-order valence-electron chi connectivity index (χ2n) is 3.77. The third kappa shape index (κ3) is 4.57. The van der Waals surface area contributed by atoms with E-state index in [0.717, 1.165) is 15.2 Å². The van der Waals surface area contributed by atoms with Gasteiger partial charge < -0.3 is 11.1 Å². The lowest BCUT2D eigenvalue weighted by Crippen LogP contribution is -2.13. The molecule has 0 aliphatic heterocycles. The average molecular weight is 338 g/mol. The van der Waals surface area contributed by atoms with E-state index in [1.54, 1.807) is 18.3 Å². The fourth-order valence-electron chi connectivity index (χ4n) is 1.35. The molecule has 3 N–H and O–H groups in total. The zero-order valence-corrected chi connectivity index (χ0v) is 12.4. The Morgan fingerprint density at radius 3 is 2.63 bits per heavy atom. The lowest BCUT2D eigenvalue weighted by molar-refractivity contribution is -0.113. The molecule has 0 radical (unpaired) electrons. The molecule has 0 aliphatic rings. The van der Waals surface area contributed by atoms with Crippen molar-refractivity contribution >= 4 is 45.0 Å². The molecule has 19 heavy (non-hydrogen) atoms. The van der Waals surface area contributed by atoms with Crippen LogP contribution in [0.5, 0.6) is 0 Å². The van der Waals surface area contributed by atoms with E-state index in [1.165, 1.54) is 11.8 Å². The molecule has 0 spiro atoms. The molecular weight excluding hydrogens is 326 g/mol. The Labute approximate surface area is 123 Å². The van der Waals surface area contributed by atoms with Crippen LogP contribution >= 0.6 is 27.7 Å². The van der Waals surface area contributed by atoms with Gasteiger partial charge in [-0.05, 0) is 36.4 Å². The third-order valence-electron chi connectivity index (χ3n) is 2.24. The Morgan fingerprint density at radius 1 is 1.26 bits per heavy atom. The number of hydrogen-bond donors (Lipinski definition) is 2. The predicted octanol–water partition coefficient (Wildman–Crippen LogP) is 3.16. The van der Waals surface area contributed by atoms with Gasteiger partial charge in [0.2, 0.25) is 5.91 Å². The Hall–Kier alpha value is -1.53. The van der Waals surface area contributed by atoms with Gasteiger partial charge in [0.25, 0.3) is 0 Å². The van der Waals surface area contributed by atoms with E-state index >= 15 is 0 Å². The summed E-state index contributed by atoms with van der Waals surface area (Å²) in [6, 6.07) is 11.0. The molecular formula is C13H12BrN3OS. The first-order valence-corrected chi connectivity index (χ1v) is 7.31. The SMILES string of the molecule is Nc1ccc(SCC(=O)Nc2ccc(Br)cc2)nc1. The molecule has 2 aromatic rings. The number of nitrogens with zero attached hydrogens (tertiary/aromatic N) is 1. The fourth-order valence-corrected chi connectivity index (χ4v) is 2.25. The van der Waals surface area contributed by atoms with Crippen molar-refractivity contribution in [2.24, 2.45) is 0 Å². The van der Waals surface area contributed by atoms with E-state index in [4.69, 9.17) is 5.73 Å². The predicted molar refractivity (Wildman–Crippen MR) is 82.1 cm³/mol. The second-order valence-corrected chi connectivity index (χ2v) is 5.68. The topological polar surface area (TPSA) is 68.0 Å². The highest BCUT2D eigenvalue weighted by Gasteiger charge is 2.04. The average Bonchev–Trinajstić information content (AvgIpc) is 2.41. The van der Waals surface area contributed by atoms with E-state index in [-0.39, 0.29) is 5.91 Å². The van der Waals surface area contributed by atoms with Crippen LogP contribution in [0.25, 0.3) is 0 Å². The van der Waals surface area contributed by atoms with Crippen molar-refractivity contribution in [2.75, 3.05) is 16.8 Å². The largest absolute Gasteiger partial charge is 0.397 e. The number of thioether (sulfide) groups is 1. The van der Waals surface area contributed by atoms with Crippen LogP contribution in [0.4, 0.5) is 11.4 Å². The minimum atomic E-state index is -0.0639. The van der Waals surface area contributed by atoms with Crippen molar-refractivity contribution in [3.8, 4) is 0 Å². The maximum Gasteiger partial charge on any atom is 0.234 e. The number of carbonyl (C=O) groups excluding carboxylic acids is 1. The maximum absolute atomic E-state index is 11.7. The number of hydrogen-bond acceptors (Lipinski definition) is 4. The normalized spacial score (nSPS) is 10.2. The second kappa shape index (κ2) is 6.58. The minimum Gasteiger partial charge on any atom is -0.397 e. The van der Waals surface area contributed by atoms with Gasteiger partial charge in [-0.1, -0.05) is 27.7 Å². The highest BCUT2D eigenvalue weighted by atomic mass is 79.9. The Bertz CT molecular complexity index is 557. The van der Waals surface area contributed by atoms with Crippen LogP contribution in [0.1, 0.15) is 0 Å². The number of nitrogens with two attached hydrogens (primary N) is 1. The van der Waals surface area contributed by atoms with Crippen LogP contribution < -0.4 is 11.1 Å². The number of benzene rings is 1. The number of nitrogens with one attached hydrogen (secondary N) is 1. The van der Waals surface area contributed by atoms with Gasteiger partial charge in [0, 0.05) is 10.2 Å². The van der Waals surface area contributed by atoms with E-state index in [0.29, 0.717) is 11.4 Å². The van der Waals surface area contributed by atoms with Gasteiger partial charge in [0.15, 0.2) is 0 Å². The van der Waals surface area contributed by atoms with E-state index in [9.17, 15) is 4.79 Å². The summed E-state index contributed by atoms with van der Waals surface area (Å²) in [4.78, 5) is 15.9. The van der Waals surface area contributed by atoms with Crippen LogP contribution in [0, 0.1) is 0 Å². The number of amides is 1. The van der Waals surface area contributed by atoms with Gasteiger partial charge in [-0.3, -0.25) is 4.79 Å². The van der Waals surface area contributed by atoms with Gasteiger partial charge in [-0.15, -0.1) is 0 Å². The van der Waals surface area contributed by atoms with Gasteiger partial charge in [0.1, 0.15) is 0 Å². The minimum absolute atomic E-state index is 0.0639. The molecule has 0 saturated carbocycles. The van der Waals surface area contributed by atoms with Crippen molar-refractivity contribution in [1.82, 2.24) is 4.98 Å². The van der Waals surface area contributed by atoms with Gasteiger partial charge >= 0.3 is 0 Å². The molecule has 4 nitrogen and oxygen atoms in total. The highest BCUT2D eigenvalue weighted by Crippen LogP contribution is 2.17. The zero-order chi connectivity index (χ0) is 13.7. The number of halogens is 1. The monoisotopic (exact) mass is 337 g/mol. The molecule has 0 unspecified atom stereocenters. The van der Waals surface area contributed by atoms with Crippen LogP contribution in [-0.2, 0) is 4.79 Å². The van der Waals surface area contributed by atoms with Gasteiger partial charge in [-0.2, -0.15) is 0 Å². The Kier molecular flexibility index (Phi) is 4.81. The lowest BCUT2D eigenvalue weighted by Gasteiger charge is -2.05. The Balaban J connectivity index is 1.84. The number of aromatic nitrogens is 1. The summed E-state index contributed by atoms with van der Waals surface area (Å²) in [7, 11) is 0. The van der Waals surface area contributed by atoms with Crippen LogP contribution in [0.2, 0.25) is 0 Å². The summed E-state index contributed by atoms with van der Waals surface area (Å²) in [6.07, 6.45) is 1.58.